The highest BCUT2D eigenvalue weighted by atomic mass is 79.9. The Morgan fingerprint density at radius 3 is 2.59 bits per heavy atom. The number of hydrogen-bond acceptors (Lipinski definition) is 3. The highest BCUT2D eigenvalue weighted by molar-refractivity contribution is 9.11. The molecule has 1 aliphatic carbocycles. The molecule has 0 N–H and O–H groups in total. The molecule has 22 heavy (non-hydrogen) atoms. The average Bonchev–Trinajstić information content (AvgIpc) is 3.06. The van der Waals surface area contributed by atoms with Gasteiger partial charge in [-0.25, -0.2) is 10.1 Å². The van der Waals surface area contributed by atoms with E-state index in [1.165, 1.54) is 11.3 Å². The number of Topliss-reactive ketones (excluding diaryl/α,β-unsaturated/α-hetero) is 1. The van der Waals surface area contributed by atoms with Gasteiger partial charge in [-0.1, -0.05) is 24.3 Å². The number of thiophene rings is 1. The summed E-state index contributed by atoms with van der Waals surface area (Å²) in [5.74, 6) is -0.147. The Morgan fingerprint density at radius 1 is 1.27 bits per heavy atom. The third-order valence-corrected chi connectivity index (χ3v) is 4.86. The van der Waals surface area contributed by atoms with E-state index in [0.717, 1.165) is 8.66 Å². The van der Waals surface area contributed by atoms with Crippen LogP contribution in [-0.4, -0.2) is 5.78 Å². The molecule has 1 aromatic heterocycles. The number of fused-ring (bicyclic) bond motifs is 1. The van der Waals surface area contributed by atoms with Crippen LogP contribution in [0.25, 0.3) is 16.5 Å². The Morgan fingerprint density at radius 2 is 2.00 bits per heavy atom. The van der Waals surface area contributed by atoms with Gasteiger partial charge >= 0.3 is 0 Å². The smallest absolute Gasteiger partial charge is 0.270 e. The van der Waals surface area contributed by atoms with Crippen LogP contribution >= 0.6 is 27.3 Å². The van der Waals surface area contributed by atoms with Crippen LogP contribution < -0.4 is 0 Å². The summed E-state index contributed by atoms with van der Waals surface area (Å²) in [7, 11) is 0. The normalized spacial score (nSPS) is 17.0. The number of nitriles is 1. The zero-order chi connectivity index (χ0) is 15.7. The number of nitrogens with zero attached hydrogens (tertiary/aromatic N) is 2. The van der Waals surface area contributed by atoms with Crippen molar-refractivity contribution in [3.05, 3.63) is 78.9 Å². The minimum atomic E-state index is -0.147. The van der Waals surface area contributed by atoms with E-state index in [-0.39, 0.29) is 11.5 Å². The van der Waals surface area contributed by atoms with Crippen molar-refractivity contribution >= 4 is 44.7 Å². The Labute approximate surface area is 139 Å². The maximum Gasteiger partial charge on any atom is 0.270 e. The molecule has 0 bridgehead atoms. The lowest BCUT2D eigenvalue weighted by molar-refractivity contribution is 0.104. The number of hydrogen-bond donors (Lipinski definition) is 0. The van der Waals surface area contributed by atoms with Crippen molar-refractivity contribution in [1.82, 2.24) is 0 Å². The van der Waals surface area contributed by atoms with Gasteiger partial charge in [0.1, 0.15) is 0 Å². The SMILES string of the molecule is [C-]#[N+]/C(C#N)=C1\C(=C\c2ccc(Br)s2)C(=O)c2ccccc21. The van der Waals surface area contributed by atoms with Gasteiger partial charge in [0.2, 0.25) is 0 Å². The van der Waals surface area contributed by atoms with E-state index in [2.05, 4.69) is 20.8 Å². The molecule has 1 aliphatic rings. The molecule has 1 aromatic carbocycles. The summed E-state index contributed by atoms with van der Waals surface area (Å²) in [5, 5.41) is 9.22. The molecule has 0 saturated heterocycles. The van der Waals surface area contributed by atoms with E-state index >= 15 is 0 Å². The molecule has 3 nitrogen and oxygen atoms in total. The van der Waals surface area contributed by atoms with Crippen molar-refractivity contribution in [2.45, 2.75) is 0 Å². The van der Waals surface area contributed by atoms with Gasteiger partial charge in [-0.2, -0.15) is 0 Å². The molecule has 2 aromatic rings. The number of allylic oxidation sites excluding steroid dienone is 3. The van der Waals surface area contributed by atoms with Crippen molar-refractivity contribution in [3.63, 3.8) is 0 Å². The summed E-state index contributed by atoms with van der Waals surface area (Å²) in [6.07, 6.45) is 1.75. The lowest BCUT2D eigenvalue weighted by Gasteiger charge is -2.01. The molecule has 0 spiro atoms. The fourth-order valence-electron chi connectivity index (χ4n) is 2.38. The van der Waals surface area contributed by atoms with Crippen LogP contribution in [-0.2, 0) is 0 Å². The Hall–Kier alpha value is -2.47. The van der Waals surface area contributed by atoms with Crippen molar-refractivity contribution in [1.29, 1.82) is 5.26 Å². The molecule has 104 valence electrons. The number of halogens is 1. The maximum absolute atomic E-state index is 12.6. The number of benzene rings is 1. The minimum Gasteiger partial charge on any atom is -0.289 e. The molecule has 0 unspecified atom stereocenters. The predicted octanol–water partition coefficient (Wildman–Crippen LogP) is 4.94. The van der Waals surface area contributed by atoms with Gasteiger partial charge in [-0.15, -0.1) is 11.3 Å². The van der Waals surface area contributed by atoms with E-state index in [0.29, 0.717) is 22.3 Å². The average molecular weight is 367 g/mol. The number of rotatable bonds is 1. The van der Waals surface area contributed by atoms with Gasteiger partial charge < -0.3 is 0 Å². The van der Waals surface area contributed by atoms with Gasteiger partial charge in [0.05, 0.1) is 16.4 Å². The molecule has 0 saturated carbocycles. The standard InChI is InChI=1S/C17H7BrN2OS/c1-20-14(9-19)16-11-4-2-3-5-12(11)17(21)13(16)8-10-6-7-15(18)22-10/h2-8H/b13-8-,16-14-. The van der Waals surface area contributed by atoms with Crippen LogP contribution in [0.5, 0.6) is 0 Å². The van der Waals surface area contributed by atoms with Crippen LogP contribution in [0, 0.1) is 17.9 Å². The van der Waals surface area contributed by atoms with E-state index < -0.39 is 0 Å². The summed E-state index contributed by atoms with van der Waals surface area (Å²) in [5.41, 5.74) is 1.98. The first-order chi connectivity index (χ1) is 10.7. The summed E-state index contributed by atoms with van der Waals surface area (Å²) >= 11 is 4.88. The van der Waals surface area contributed by atoms with Crippen LogP contribution in [0.2, 0.25) is 0 Å². The third kappa shape index (κ3) is 2.31. The van der Waals surface area contributed by atoms with Crippen molar-refractivity contribution in [3.8, 4) is 6.07 Å². The largest absolute Gasteiger partial charge is 0.289 e. The van der Waals surface area contributed by atoms with Gasteiger partial charge in [0.15, 0.2) is 5.78 Å². The van der Waals surface area contributed by atoms with Crippen LogP contribution in [0.4, 0.5) is 0 Å². The zero-order valence-corrected chi connectivity index (χ0v) is 13.5. The van der Waals surface area contributed by atoms with Gasteiger partial charge in [0.25, 0.3) is 5.70 Å². The zero-order valence-electron chi connectivity index (χ0n) is 11.1. The van der Waals surface area contributed by atoms with Gasteiger partial charge in [-0.3, -0.25) is 4.79 Å². The lowest BCUT2D eigenvalue weighted by Crippen LogP contribution is -1.95. The maximum atomic E-state index is 12.6. The fourth-order valence-corrected chi connectivity index (χ4v) is 3.75. The quantitative estimate of drug-likeness (QED) is 0.407. The molecular weight excluding hydrogens is 360 g/mol. The first-order valence-electron chi connectivity index (χ1n) is 6.29. The molecule has 5 heteroatoms. The third-order valence-electron chi connectivity index (χ3n) is 3.29. The second-order valence-corrected chi connectivity index (χ2v) is 7.02. The lowest BCUT2D eigenvalue weighted by atomic mass is 10.0. The molecular formula is C17H7BrN2OS. The van der Waals surface area contributed by atoms with Crippen LogP contribution in [0.3, 0.4) is 0 Å². The molecule has 1 heterocycles. The van der Waals surface area contributed by atoms with Gasteiger partial charge in [0, 0.05) is 21.6 Å². The Kier molecular flexibility index (Phi) is 3.77. The second kappa shape index (κ2) is 5.73. The Balaban J connectivity index is 2.29. The van der Waals surface area contributed by atoms with E-state index in [9.17, 15) is 10.1 Å². The van der Waals surface area contributed by atoms with Gasteiger partial charge in [-0.05, 0) is 39.7 Å². The first-order valence-corrected chi connectivity index (χ1v) is 7.90. The molecule has 0 fully saturated rings. The Bertz CT molecular complexity index is 922. The van der Waals surface area contributed by atoms with Crippen LogP contribution in [0.15, 0.2) is 51.5 Å². The molecule has 0 amide bonds. The summed E-state index contributed by atoms with van der Waals surface area (Å²) in [4.78, 5) is 16.8. The van der Waals surface area contributed by atoms with E-state index in [1.807, 2.05) is 18.2 Å². The monoisotopic (exact) mass is 366 g/mol. The summed E-state index contributed by atoms with van der Waals surface area (Å²) < 4.78 is 0.957. The number of carbonyl (C=O) groups is 1. The highest BCUT2D eigenvalue weighted by Crippen LogP contribution is 2.40. The predicted molar refractivity (Wildman–Crippen MR) is 89.9 cm³/mol. The van der Waals surface area contributed by atoms with Crippen molar-refractivity contribution < 1.29 is 4.79 Å². The van der Waals surface area contributed by atoms with E-state index in [4.69, 9.17) is 6.57 Å². The molecule has 0 atom stereocenters. The molecule has 0 aliphatic heterocycles. The fraction of sp³-hybridized carbons (Fsp3) is 0. The topological polar surface area (TPSA) is 45.2 Å². The number of ketones is 1. The van der Waals surface area contributed by atoms with Crippen LogP contribution in [0.1, 0.15) is 20.8 Å². The first kappa shape index (κ1) is 14.5. The van der Waals surface area contributed by atoms with Crippen molar-refractivity contribution in [2.75, 3.05) is 0 Å². The summed E-state index contributed by atoms with van der Waals surface area (Å²) in [6.45, 7) is 7.21. The highest BCUT2D eigenvalue weighted by Gasteiger charge is 2.31. The minimum absolute atomic E-state index is 0.0554. The number of carbonyl (C=O) groups excluding carboxylic acids is 1. The molecule has 3 rings (SSSR count). The van der Waals surface area contributed by atoms with Crippen molar-refractivity contribution in [2.24, 2.45) is 0 Å². The van der Waals surface area contributed by atoms with E-state index in [1.54, 1.807) is 30.3 Å². The molecule has 0 radical (unpaired) electrons. The second-order valence-electron chi connectivity index (χ2n) is 4.52. The summed E-state index contributed by atoms with van der Waals surface area (Å²) in [6, 6.07) is 12.8.